The number of benzene rings is 2. The van der Waals surface area contributed by atoms with Gasteiger partial charge in [0.05, 0.1) is 11.3 Å². The molecule has 0 atom stereocenters. The number of hydrogen-bond donors (Lipinski definition) is 1. The minimum absolute atomic E-state index is 0.161. The fourth-order valence-corrected chi connectivity index (χ4v) is 2.81. The predicted molar refractivity (Wildman–Crippen MR) is 97.1 cm³/mol. The molecule has 4 rings (SSSR count). The second-order valence-corrected chi connectivity index (χ2v) is 6.01. The van der Waals surface area contributed by atoms with Crippen LogP contribution in [-0.4, -0.2) is 16.5 Å². The first-order chi connectivity index (χ1) is 13.4. The minimum Gasteiger partial charge on any atom is -0.265 e. The van der Waals surface area contributed by atoms with Gasteiger partial charge in [-0.1, -0.05) is 12.1 Å². The third-order valence-electron chi connectivity index (χ3n) is 4.14. The van der Waals surface area contributed by atoms with Crippen LogP contribution >= 0.6 is 0 Å². The van der Waals surface area contributed by atoms with Gasteiger partial charge in [0.15, 0.2) is 5.84 Å². The SMILES string of the molecule is Fc1ccc2c(c1)C(c1cccc(C(F)(F)F)c1)=NNC(c1ccncc1)=N2. The lowest BCUT2D eigenvalue weighted by atomic mass is 9.99. The Labute approximate surface area is 157 Å². The Morgan fingerprint density at radius 2 is 1.64 bits per heavy atom. The monoisotopic (exact) mass is 384 g/mol. The molecular weight excluding hydrogens is 372 g/mol. The molecular formula is C20H12F4N4. The molecule has 3 aromatic rings. The average molecular weight is 384 g/mol. The van der Waals surface area contributed by atoms with Crippen molar-refractivity contribution in [1.29, 1.82) is 0 Å². The van der Waals surface area contributed by atoms with Gasteiger partial charge in [0.25, 0.3) is 0 Å². The largest absolute Gasteiger partial charge is 0.416 e. The van der Waals surface area contributed by atoms with Crippen LogP contribution in [0.25, 0.3) is 0 Å². The number of hydrogen-bond acceptors (Lipinski definition) is 4. The maximum absolute atomic E-state index is 13.9. The highest BCUT2D eigenvalue weighted by atomic mass is 19.4. The van der Waals surface area contributed by atoms with E-state index in [4.69, 9.17) is 0 Å². The molecule has 4 nitrogen and oxygen atoms in total. The van der Waals surface area contributed by atoms with E-state index in [1.54, 1.807) is 24.5 Å². The van der Waals surface area contributed by atoms with Crippen LogP contribution in [0.4, 0.5) is 23.2 Å². The number of pyridine rings is 1. The van der Waals surface area contributed by atoms with E-state index in [-0.39, 0.29) is 16.8 Å². The van der Waals surface area contributed by atoms with Crippen molar-refractivity contribution < 1.29 is 17.6 Å². The van der Waals surface area contributed by atoms with E-state index in [0.29, 0.717) is 17.1 Å². The molecule has 0 unspecified atom stereocenters. The Balaban J connectivity index is 1.87. The number of nitrogens with one attached hydrogen (secondary N) is 1. The minimum atomic E-state index is -4.50. The fourth-order valence-electron chi connectivity index (χ4n) is 2.81. The molecule has 0 bridgehead atoms. The standard InChI is InChI=1S/C20H12F4N4/c21-15-4-5-17-16(11-15)18(13-2-1-3-14(10-13)20(22,23)24)27-28-19(26-17)12-6-8-25-9-7-12/h1-11H,(H,26,28). The zero-order chi connectivity index (χ0) is 19.7. The third-order valence-corrected chi connectivity index (χ3v) is 4.14. The Bertz CT molecular complexity index is 1090. The summed E-state index contributed by atoms with van der Waals surface area (Å²) in [5.74, 6) is -0.168. The number of alkyl halides is 3. The van der Waals surface area contributed by atoms with E-state index >= 15 is 0 Å². The van der Waals surface area contributed by atoms with Gasteiger partial charge < -0.3 is 0 Å². The number of hydrazone groups is 1. The van der Waals surface area contributed by atoms with Crippen LogP contribution in [0.5, 0.6) is 0 Å². The highest BCUT2D eigenvalue weighted by Gasteiger charge is 2.31. The third kappa shape index (κ3) is 3.48. The van der Waals surface area contributed by atoms with Gasteiger partial charge in [-0.05, 0) is 42.5 Å². The number of aliphatic imine (C=N–C) groups is 1. The Morgan fingerprint density at radius 3 is 2.39 bits per heavy atom. The van der Waals surface area contributed by atoms with Gasteiger partial charge in [0, 0.05) is 29.1 Å². The summed E-state index contributed by atoms with van der Waals surface area (Å²) in [6.45, 7) is 0. The fraction of sp³-hybridized carbons (Fsp3) is 0.0500. The van der Waals surface area contributed by atoms with Crippen LogP contribution in [0.15, 0.2) is 77.1 Å². The molecule has 140 valence electrons. The maximum Gasteiger partial charge on any atom is 0.416 e. The molecule has 0 saturated heterocycles. The molecule has 2 heterocycles. The van der Waals surface area contributed by atoms with Gasteiger partial charge in [-0.3, -0.25) is 10.4 Å². The van der Waals surface area contributed by atoms with E-state index < -0.39 is 17.6 Å². The van der Waals surface area contributed by atoms with Gasteiger partial charge >= 0.3 is 6.18 Å². The van der Waals surface area contributed by atoms with Crippen molar-refractivity contribution in [2.24, 2.45) is 10.1 Å². The summed E-state index contributed by atoms with van der Waals surface area (Å²) in [5, 5.41) is 4.24. The maximum atomic E-state index is 13.9. The number of aromatic nitrogens is 1. The molecule has 0 spiro atoms. The second kappa shape index (κ2) is 6.88. The molecule has 1 aliphatic heterocycles. The zero-order valence-electron chi connectivity index (χ0n) is 14.2. The Kier molecular flexibility index (Phi) is 4.38. The van der Waals surface area contributed by atoms with E-state index in [9.17, 15) is 17.6 Å². The second-order valence-electron chi connectivity index (χ2n) is 6.01. The first kappa shape index (κ1) is 17.8. The molecule has 2 aromatic carbocycles. The summed E-state index contributed by atoms with van der Waals surface area (Å²) < 4.78 is 53.2. The van der Waals surface area contributed by atoms with Gasteiger partial charge in [0.2, 0.25) is 0 Å². The summed E-state index contributed by atoms with van der Waals surface area (Å²) >= 11 is 0. The van der Waals surface area contributed by atoms with Crippen molar-refractivity contribution in [3.05, 3.63) is 95.1 Å². The summed E-state index contributed by atoms with van der Waals surface area (Å²) in [4.78, 5) is 8.41. The normalized spacial score (nSPS) is 13.7. The summed E-state index contributed by atoms with van der Waals surface area (Å²) in [6.07, 6.45) is -1.35. The topological polar surface area (TPSA) is 49.6 Å². The van der Waals surface area contributed by atoms with Crippen LogP contribution in [0, 0.1) is 5.82 Å². The highest BCUT2D eigenvalue weighted by Crippen LogP contribution is 2.32. The molecule has 0 saturated carbocycles. The van der Waals surface area contributed by atoms with Crippen molar-refractivity contribution in [3.63, 3.8) is 0 Å². The average Bonchev–Trinajstić information content (AvgIpc) is 2.87. The zero-order valence-corrected chi connectivity index (χ0v) is 14.2. The molecule has 0 amide bonds. The lowest BCUT2D eigenvalue weighted by molar-refractivity contribution is -0.137. The van der Waals surface area contributed by atoms with Crippen molar-refractivity contribution in [3.8, 4) is 0 Å². The molecule has 0 radical (unpaired) electrons. The molecule has 1 aromatic heterocycles. The number of amidine groups is 1. The van der Waals surface area contributed by atoms with E-state index in [0.717, 1.165) is 12.1 Å². The number of rotatable bonds is 2. The Morgan fingerprint density at radius 1 is 0.857 bits per heavy atom. The van der Waals surface area contributed by atoms with E-state index in [1.165, 1.54) is 30.3 Å². The lowest BCUT2D eigenvalue weighted by Gasteiger charge is -2.11. The van der Waals surface area contributed by atoms with Crippen LogP contribution in [0.3, 0.4) is 0 Å². The molecule has 1 N–H and O–H groups in total. The van der Waals surface area contributed by atoms with Crippen molar-refractivity contribution in [2.45, 2.75) is 6.18 Å². The first-order valence-corrected chi connectivity index (χ1v) is 8.22. The molecule has 8 heteroatoms. The Hall–Kier alpha value is -3.55. The van der Waals surface area contributed by atoms with Gasteiger partial charge in [-0.15, -0.1) is 0 Å². The number of nitrogens with zero attached hydrogens (tertiary/aromatic N) is 3. The smallest absolute Gasteiger partial charge is 0.265 e. The van der Waals surface area contributed by atoms with Crippen molar-refractivity contribution in [1.82, 2.24) is 10.4 Å². The molecule has 28 heavy (non-hydrogen) atoms. The number of halogens is 4. The first-order valence-electron chi connectivity index (χ1n) is 8.22. The van der Waals surface area contributed by atoms with Gasteiger partial charge in [-0.2, -0.15) is 18.3 Å². The van der Waals surface area contributed by atoms with Gasteiger partial charge in [-0.25, -0.2) is 9.38 Å². The van der Waals surface area contributed by atoms with Crippen molar-refractivity contribution in [2.75, 3.05) is 0 Å². The molecule has 0 fully saturated rings. The summed E-state index contributed by atoms with van der Waals surface area (Å²) in [5.41, 5.74) is 3.67. The van der Waals surface area contributed by atoms with Crippen LogP contribution in [-0.2, 0) is 6.18 Å². The molecule has 1 aliphatic rings. The van der Waals surface area contributed by atoms with Crippen LogP contribution < -0.4 is 5.43 Å². The van der Waals surface area contributed by atoms with E-state index in [2.05, 4.69) is 20.5 Å². The van der Waals surface area contributed by atoms with Crippen molar-refractivity contribution >= 4 is 17.2 Å². The number of fused-ring (bicyclic) bond motifs is 1. The van der Waals surface area contributed by atoms with Gasteiger partial charge in [0.1, 0.15) is 11.5 Å². The predicted octanol–water partition coefficient (Wildman–Crippen LogP) is 4.67. The van der Waals surface area contributed by atoms with Crippen LogP contribution in [0.1, 0.15) is 22.3 Å². The quantitative estimate of drug-likeness (QED) is 0.653. The molecule has 0 aliphatic carbocycles. The van der Waals surface area contributed by atoms with E-state index in [1.807, 2.05) is 0 Å². The lowest BCUT2D eigenvalue weighted by Crippen LogP contribution is -2.20. The summed E-state index contributed by atoms with van der Waals surface area (Å²) in [7, 11) is 0. The highest BCUT2D eigenvalue weighted by molar-refractivity contribution is 6.18. The van der Waals surface area contributed by atoms with Crippen LogP contribution in [0.2, 0.25) is 0 Å². The summed E-state index contributed by atoms with van der Waals surface area (Å²) in [6, 6.07) is 12.0.